The number of nitrogens with zero attached hydrogens (tertiary/aromatic N) is 4. The van der Waals surface area contributed by atoms with Gasteiger partial charge in [0.05, 0.1) is 6.20 Å². The molecule has 2 heterocycles. The predicted molar refractivity (Wildman–Crippen MR) is 79.1 cm³/mol. The first-order valence-corrected chi connectivity index (χ1v) is 7.08. The van der Waals surface area contributed by atoms with Crippen molar-refractivity contribution in [1.29, 1.82) is 0 Å². The van der Waals surface area contributed by atoms with Gasteiger partial charge in [-0.1, -0.05) is 13.8 Å². The number of fused-ring (bicyclic) bond motifs is 1. The SMILES string of the molecule is CCNc1nc(OCCN(CC)CC)c2cn[nH]c2n1. The third-order valence-electron chi connectivity index (χ3n) is 3.15. The third-order valence-corrected chi connectivity index (χ3v) is 3.15. The second-order valence-corrected chi connectivity index (χ2v) is 4.39. The fraction of sp³-hybridized carbons (Fsp3) is 0.615. The largest absolute Gasteiger partial charge is 0.476 e. The summed E-state index contributed by atoms with van der Waals surface area (Å²) < 4.78 is 5.81. The van der Waals surface area contributed by atoms with E-state index in [2.05, 4.69) is 44.2 Å². The fourth-order valence-corrected chi connectivity index (χ4v) is 1.97. The summed E-state index contributed by atoms with van der Waals surface area (Å²) in [6.45, 7) is 10.6. The molecule has 0 atom stereocenters. The van der Waals surface area contributed by atoms with E-state index in [0.717, 1.165) is 31.6 Å². The van der Waals surface area contributed by atoms with E-state index in [1.807, 2.05) is 6.92 Å². The molecular weight excluding hydrogens is 256 g/mol. The van der Waals surface area contributed by atoms with Crippen LogP contribution in [0.3, 0.4) is 0 Å². The molecule has 0 aromatic carbocycles. The van der Waals surface area contributed by atoms with Crippen molar-refractivity contribution in [1.82, 2.24) is 25.1 Å². The summed E-state index contributed by atoms with van der Waals surface area (Å²) in [5, 5.41) is 10.7. The van der Waals surface area contributed by atoms with Gasteiger partial charge in [0, 0.05) is 13.1 Å². The van der Waals surface area contributed by atoms with E-state index >= 15 is 0 Å². The quantitative estimate of drug-likeness (QED) is 0.762. The number of H-pyrrole nitrogens is 1. The van der Waals surface area contributed by atoms with Crippen molar-refractivity contribution in [3.8, 4) is 5.88 Å². The highest BCUT2D eigenvalue weighted by atomic mass is 16.5. The summed E-state index contributed by atoms with van der Waals surface area (Å²) in [6, 6.07) is 0. The van der Waals surface area contributed by atoms with Crippen molar-refractivity contribution >= 4 is 17.0 Å². The molecular formula is C13H22N6O. The van der Waals surface area contributed by atoms with Crippen molar-refractivity contribution in [2.45, 2.75) is 20.8 Å². The van der Waals surface area contributed by atoms with Crippen LogP contribution in [0.4, 0.5) is 5.95 Å². The molecule has 0 fully saturated rings. The molecule has 0 amide bonds. The van der Waals surface area contributed by atoms with Crippen molar-refractivity contribution in [3.05, 3.63) is 6.20 Å². The number of anilines is 1. The Hall–Kier alpha value is -1.89. The van der Waals surface area contributed by atoms with Crippen molar-refractivity contribution in [2.75, 3.05) is 38.1 Å². The summed E-state index contributed by atoms with van der Waals surface area (Å²) in [7, 11) is 0. The van der Waals surface area contributed by atoms with Gasteiger partial charge in [0.15, 0.2) is 5.65 Å². The number of aromatic nitrogens is 4. The summed E-state index contributed by atoms with van der Waals surface area (Å²) in [5.74, 6) is 1.13. The average Bonchev–Trinajstić information content (AvgIpc) is 2.92. The molecule has 0 spiro atoms. The Bertz CT molecular complexity index is 537. The zero-order valence-electron chi connectivity index (χ0n) is 12.3. The number of hydrogen-bond acceptors (Lipinski definition) is 6. The summed E-state index contributed by atoms with van der Waals surface area (Å²) >= 11 is 0. The maximum atomic E-state index is 5.81. The lowest BCUT2D eigenvalue weighted by atomic mass is 10.4. The lowest BCUT2D eigenvalue weighted by molar-refractivity contribution is 0.219. The zero-order chi connectivity index (χ0) is 14.4. The molecule has 2 rings (SSSR count). The van der Waals surface area contributed by atoms with Crippen LogP contribution < -0.4 is 10.1 Å². The molecule has 0 unspecified atom stereocenters. The molecule has 2 aromatic heterocycles. The monoisotopic (exact) mass is 278 g/mol. The Morgan fingerprint density at radius 3 is 2.75 bits per heavy atom. The van der Waals surface area contributed by atoms with Crippen molar-refractivity contribution < 1.29 is 4.74 Å². The Morgan fingerprint density at radius 2 is 2.05 bits per heavy atom. The zero-order valence-corrected chi connectivity index (χ0v) is 12.3. The molecule has 0 aliphatic heterocycles. The van der Waals surface area contributed by atoms with Crippen LogP contribution in [-0.2, 0) is 0 Å². The molecule has 7 nitrogen and oxygen atoms in total. The smallest absolute Gasteiger partial charge is 0.229 e. The van der Waals surface area contributed by atoms with Crippen LogP contribution in [0.15, 0.2) is 6.20 Å². The van der Waals surface area contributed by atoms with Crippen LogP contribution in [-0.4, -0.2) is 57.9 Å². The van der Waals surface area contributed by atoms with Crippen molar-refractivity contribution in [3.63, 3.8) is 0 Å². The van der Waals surface area contributed by atoms with Gasteiger partial charge in [-0.3, -0.25) is 5.10 Å². The minimum atomic E-state index is 0.557. The lowest BCUT2D eigenvalue weighted by Gasteiger charge is -2.17. The first-order valence-electron chi connectivity index (χ1n) is 7.08. The summed E-state index contributed by atoms with van der Waals surface area (Å²) in [4.78, 5) is 11.0. The third kappa shape index (κ3) is 3.36. The number of likely N-dealkylation sites (N-methyl/N-ethyl adjacent to an activating group) is 1. The van der Waals surface area contributed by atoms with Gasteiger partial charge >= 0.3 is 0 Å². The molecule has 110 valence electrons. The number of nitrogens with one attached hydrogen (secondary N) is 2. The summed E-state index contributed by atoms with van der Waals surface area (Å²) in [5.41, 5.74) is 0.689. The Kier molecular flexibility index (Phi) is 5.11. The maximum Gasteiger partial charge on any atom is 0.229 e. The molecule has 0 aliphatic carbocycles. The van der Waals surface area contributed by atoms with Gasteiger partial charge in [-0.15, -0.1) is 0 Å². The predicted octanol–water partition coefficient (Wildman–Crippen LogP) is 1.51. The second kappa shape index (κ2) is 7.04. The molecule has 0 radical (unpaired) electrons. The van der Waals surface area contributed by atoms with Gasteiger partial charge in [0.1, 0.15) is 12.0 Å². The van der Waals surface area contributed by atoms with E-state index in [0.29, 0.717) is 24.1 Å². The molecule has 2 aromatic rings. The van der Waals surface area contributed by atoms with Crippen molar-refractivity contribution in [2.24, 2.45) is 0 Å². The van der Waals surface area contributed by atoms with Crippen LogP contribution in [0.1, 0.15) is 20.8 Å². The molecule has 7 heteroatoms. The van der Waals surface area contributed by atoms with Crippen LogP contribution in [0.25, 0.3) is 11.0 Å². The van der Waals surface area contributed by atoms with Gasteiger partial charge < -0.3 is 15.0 Å². The molecule has 20 heavy (non-hydrogen) atoms. The Labute approximate surface area is 118 Å². The first-order chi connectivity index (χ1) is 9.78. The molecule has 0 aliphatic rings. The topological polar surface area (TPSA) is 79.0 Å². The highest BCUT2D eigenvalue weighted by Crippen LogP contribution is 2.21. The first kappa shape index (κ1) is 14.5. The highest BCUT2D eigenvalue weighted by molar-refractivity contribution is 5.80. The van der Waals surface area contributed by atoms with Gasteiger partial charge in [-0.2, -0.15) is 15.1 Å². The number of hydrogen-bond donors (Lipinski definition) is 2. The van der Waals surface area contributed by atoms with Crippen LogP contribution in [0.5, 0.6) is 5.88 Å². The van der Waals surface area contributed by atoms with Gasteiger partial charge in [-0.05, 0) is 20.0 Å². The van der Waals surface area contributed by atoms with E-state index in [4.69, 9.17) is 4.74 Å². The maximum absolute atomic E-state index is 5.81. The fourth-order valence-electron chi connectivity index (χ4n) is 1.97. The molecule has 0 bridgehead atoms. The van der Waals surface area contributed by atoms with E-state index in [-0.39, 0.29) is 0 Å². The molecule has 0 saturated heterocycles. The van der Waals surface area contributed by atoms with E-state index in [9.17, 15) is 0 Å². The van der Waals surface area contributed by atoms with Crippen LogP contribution in [0, 0.1) is 0 Å². The lowest BCUT2D eigenvalue weighted by Crippen LogP contribution is -2.28. The van der Waals surface area contributed by atoms with E-state index in [1.54, 1.807) is 6.20 Å². The second-order valence-electron chi connectivity index (χ2n) is 4.39. The standard InChI is InChI=1S/C13H22N6O/c1-4-14-13-16-11-10(9-15-18-11)12(17-13)20-8-7-19(5-2)6-3/h9H,4-8H2,1-3H3,(H2,14,15,16,17,18). The normalized spacial score (nSPS) is 11.2. The summed E-state index contributed by atoms with van der Waals surface area (Å²) in [6.07, 6.45) is 1.69. The minimum Gasteiger partial charge on any atom is -0.476 e. The average molecular weight is 278 g/mol. The Morgan fingerprint density at radius 1 is 1.25 bits per heavy atom. The van der Waals surface area contributed by atoms with Gasteiger partial charge in [0.2, 0.25) is 11.8 Å². The molecule has 2 N–H and O–H groups in total. The van der Waals surface area contributed by atoms with Crippen LogP contribution in [0.2, 0.25) is 0 Å². The number of rotatable bonds is 8. The molecule has 0 saturated carbocycles. The number of ether oxygens (including phenoxy) is 1. The highest BCUT2D eigenvalue weighted by Gasteiger charge is 2.10. The number of aromatic amines is 1. The van der Waals surface area contributed by atoms with Crippen LogP contribution >= 0.6 is 0 Å². The van der Waals surface area contributed by atoms with Gasteiger partial charge in [-0.25, -0.2) is 0 Å². The minimum absolute atomic E-state index is 0.557. The van der Waals surface area contributed by atoms with E-state index in [1.165, 1.54) is 0 Å². The Balaban J connectivity index is 2.09. The van der Waals surface area contributed by atoms with Gasteiger partial charge in [0.25, 0.3) is 0 Å². The van der Waals surface area contributed by atoms with E-state index < -0.39 is 0 Å².